The maximum atomic E-state index is 13.4. The Morgan fingerprint density at radius 3 is 2.66 bits per heavy atom. The van der Waals surface area contributed by atoms with E-state index < -0.39 is 0 Å². The molecular formula is C27H22N2O5S. The van der Waals surface area contributed by atoms with Gasteiger partial charge < -0.3 is 14.2 Å². The molecule has 8 heteroatoms. The molecule has 35 heavy (non-hydrogen) atoms. The summed E-state index contributed by atoms with van der Waals surface area (Å²) in [4.78, 5) is 32.5. The van der Waals surface area contributed by atoms with Crippen molar-refractivity contribution in [2.45, 2.75) is 6.92 Å². The summed E-state index contributed by atoms with van der Waals surface area (Å²) in [5.74, 6) is 1.54. The van der Waals surface area contributed by atoms with Crippen molar-refractivity contribution in [2.75, 3.05) is 24.6 Å². The van der Waals surface area contributed by atoms with Gasteiger partial charge in [0.25, 0.3) is 5.91 Å². The van der Waals surface area contributed by atoms with E-state index in [0.717, 1.165) is 11.1 Å². The molecule has 0 saturated carbocycles. The average Bonchev–Trinajstić information content (AvgIpc) is 3.47. The molecule has 0 radical (unpaired) electrons. The Morgan fingerprint density at radius 2 is 1.86 bits per heavy atom. The van der Waals surface area contributed by atoms with E-state index in [2.05, 4.69) is 4.99 Å². The predicted molar refractivity (Wildman–Crippen MR) is 136 cm³/mol. The molecule has 0 aliphatic carbocycles. The van der Waals surface area contributed by atoms with Crippen LogP contribution in [0.3, 0.4) is 0 Å². The van der Waals surface area contributed by atoms with E-state index in [9.17, 15) is 9.59 Å². The number of ether oxygens (including phenoxy) is 3. The Kier molecular flexibility index (Phi) is 6.29. The lowest BCUT2D eigenvalue weighted by Gasteiger charge is -2.18. The van der Waals surface area contributed by atoms with E-state index in [0.29, 0.717) is 33.7 Å². The number of amides is 1. The van der Waals surface area contributed by atoms with Crippen LogP contribution in [0.25, 0.3) is 6.08 Å². The Labute approximate surface area is 207 Å². The number of anilines is 1. The highest BCUT2D eigenvalue weighted by molar-refractivity contribution is 8.14. The highest BCUT2D eigenvalue weighted by atomic mass is 32.2. The summed E-state index contributed by atoms with van der Waals surface area (Å²) in [5.41, 5.74) is 3.29. The minimum absolute atomic E-state index is 0.103. The monoisotopic (exact) mass is 486 g/mol. The number of carbonyl (C=O) groups is 2. The Balaban J connectivity index is 1.44. The first kappa shape index (κ1) is 22.7. The number of ketones is 1. The fraction of sp³-hybridized carbons (Fsp3) is 0.148. The van der Waals surface area contributed by atoms with E-state index in [1.807, 2.05) is 49.4 Å². The van der Waals surface area contributed by atoms with Crippen LogP contribution < -0.4 is 19.1 Å². The van der Waals surface area contributed by atoms with Crippen LogP contribution in [0.5, 0.6) is 17.2 Å². The summed E-state index contributed by atoms with van der Waals surface area (Å²) in [6, 6.07) is 20.2. The Morgan fingerprint density at radius 1 is 1.09 bits per heavy atom. The van der Waals surface area contributed by atoms with Gasteiger partial charge in [0.05, 0.1) is 24.1 Å². The maximum Gasteiger partial charge on any atom is 0.283 e. The molecule has 0 atom stereocenters. The first-order chi connectivity index (χ1) is 17.0. The van der Waals surface area contributed by atoms with Crippen LogP contribution in [-0.2, 0) is 4.79 Å². The highest BCUT2D eigenvalue weighted by Crippen LogP contribution is 2.35. The molecule has 176 valence electrons. The molecule has 1 amide bonds. The third-order valence-electron chi connectivity index (χ3n) is 5.56. The van der Waals surface area contributed by atoms with E-state index in [4.69, 9.17) is 14.2 Å². The van der Waals surface area contributed by atoms with Crippen LogP contribution in [0, 0.1) is 6.92 Å². The molecule has 0 aromatic heterocycles. The molecule has 3 aromatic carbocycles. The summed E-state index contributed by atoms with van der Waals surface area (Å²) in [6.07, 6.45) is 1.71. The van der Waals surface area contributed by atoms with Gasteiger partial charge in [-0.15, -0.1) is 0 Å². The Bertz CT molecular complexity index is 1360. The second-order valence-corrected chi connectivity index (χ2v) is 8.87. The molecule has 7 nitrogen and oxygen atoms in total. The van der Waals surface area contributed by atoms with Crippen molar-refractivity contribution >= 4 is 40.4 Å². The quantitative estimate of drug-likeness (QED) is 0.357. The van der Waals surface area contributed by atoms with Crippen LogP contribution in [0.2, 0.25) is 0 Å². The molecule has 3 aromatic rings. The number of Topliss-reactive ketones (excluding diaryl/α,β-unsaturated/α-hetero) is 1. The lowest BCUT2D eigenvalue weighted by molar-refractivity contribution is -0.113. The normalized spacial score (nSPS) is 15.5. The number of rotatable bonds is 6. The number of thioether (sulfide) groups is 1. The number of nitrogens with zero attached hydrogens (tertiary/aromatic N) is 2. The Hall–Kier alpha value is -4.04. The van der Waals surface area contributed by atoms with Gasteiger partial charge in [0.15, 0.2) is 22.4 Å². The van der Waals surface area contributed by atoms with Crippen LogP contribution in [0.15, 0.2) is 77.4 Å². The number of fused-ring (bicyclic) bond motifs is 1. The molecule has 2 aliphatic heterocycles. The van der Waals surface area contributed by atoms with Crippen molar-refractivity contribution < 1.29 is 23.8 Å². The van der Waals surface area contributed by atoms with Crippen LogP contribution >= 0.6 is 11.8 Å². The number of aliphatic imine (C=N–C) groups is 1. The van der Waals surface area contributed by atoms with Gasteiger partial charge in [-0.3, -0.25) is 14.5 Å². The topological polar surface area (TPSA) is 77.4 Å². The van der Waals surface area contributed by atoms with Crippen molar-refractivity contribution in [3.05, 3.63) is 89.1 Å². The van der Waals surface area contributed by atoms with Gasteiger partial charge in [0.2, 0.25) is 6.79 Å². The van der Waals surface area contributed by atoms with Crippen molar-refractivity contribution in [3.8, 4) is 17.2 Å². The van der Waals surface area contributed by atoms with Gasteiger partial charge in [-0.1, -0.05) is 47.7 Å². The van der Waals surface area contributed by atoms with Gasteiger partial charge in [0, 0.05) is 0 Å². The number of amidine groups is 1. The number of methoxy groups -OCH3 is 1. The van der Waals surface area contributed by atoms with Gasteiger partial charge >= 0.3 is 0 Å². The smallest absolute Gasteiger partial charge is 0.283 e. The average molecular weight is 487 g/mol. The number of benzene rings is 3. The van der Waals surface area contributed by atoms with Crippen molar-refractivity contribution in [1.29, 1.82) is 0 Å². The molecule has 0 unspecified atom stereocenters. The first-order valence-corrected chi connectivity index (χ1v) is 11.9. The number of aryl methyl sites for hydroxylation is 1. The van der Waals surface area contributed by atoms with Crippen LogP contribution in [-0.4, -0.2) is 36.5 Å². The van der Waals surface area contributed by atoms with E-state index in [-0.39, 0.29) is 29.9 Å². The minimum atomic E-state index is -0.265. The minimum Gasteiger partial charge on any atom is -0.496 e. The van der Waals surface area contributed by atoms with E-state index >= 15 is 0 Å². The van der Waals surface area contributed by atoms with Gasteiger partial charge in [-0.2, -0.15) is 0 Å². The number of para-hydroxylation sites is 1. The summed E-state index contributed by atoms with van der Waals surface area (Å²) >= 11 is 1.22. The highest BCUT2D eigenvalue weighted by Gasteiger charge is 2.32. The third-order valence-corrected chi connectivity index (χ3v) is 6.50. The van der Waals surface area contributed by atoms with Crippen molar-refractivity contribution in [1.82, 2.24) is 0 Å². The largest absolute Gasteiger partial charge is 0.496 e. The van der Waals surface area contributed by atoms with Gasteiger partial charge in [0.1, 0.15) is 11.4 Å². The lowest BCUT2D eigenvalue weighted by Crippen LogP contribution is -2.30. The molecule has 5 rings (SSSR count). The zero-order chi connectivity index (χ0) is 24.4. The molecular weight excluding hydrogens is 464 g/mol. The fourth-order valence-corrected chi connectivity index (χ4v) is 4.65. The summed E-state index contributed by atoms with van der Waals surface area (Å²) in [5, 5.41) is 0.439. The zero-order valence-electron chi connectivity index (χ0n) is 19.2. The zero-order valence-corrected chi connectivity index (χ0v) is 20.0. The summed E-state index contributed by atoms with van der Waals surface area (Å²) in [7, 11) is 1.53. The van der Waals surface area contributed by atoms with Crippen LogP contribution in [0.4, 0.5) is 5.69 Å². The molecule has 0 bridgehead atoms. The molecule has 2 aliphatic rings. The molecule has 0 saturated heterocycles. The predicted octanol–water partition coefficient (Wildman–Crippen LogP) is 5.09. The second kappa shape index (κ2) is 9.68. The maximum absolute atomic E-state index is 13.4. The second-order valence-electron chi connectivity index (χ2n) is 7.92. The summed E-state index contributed by atoms with van der Waals surface area (Å²) < 4.78 is 16.1. The van der Waals surface area contributed by atoms with Gasteiger partial charge in [-0.05, 0) is 55.0 Å². The lowest BCUT2D eigenvalue weighted by atomic mass is 10.1. The molecule has 0 fully saturated rings. The van der Waals surface area contributed by atoms with Crippen LogP contribution in [0.1, 0.15) is 21.5 Å². The number of hydrogen-bond acceptors (Lipinski definition) is 7. The van der Waals surface area contributed by atoms with Crippen molar-refractivity contribution in [3.63, 3.8) is 0 Å². The molecule has 0 spiro atoms. The number of hydrogen-bond donors (Lipinski definition) is 0. The molecule has 0 N–H and O–H groups in total. The molecule has 2 heterocycles. The number of carbonyl (C=O) groups excluding carboxylic acids is 2. The first-order valence-electron chi connectivity index (χ1n) is 10.9. The fourth-order valence-electron chi connectivity index (χ4n) is 3.76. The van der Waals surface area contributed by atoms with E-state index in [1.165, 1.54) is 18.9 Å². The summed E-state index contributed by atoms with van der Waals surface area (Å²) in [6.45, 7) is 2.16. The SMILES string of the molecule is COc1ccccc1C(=O)CSC1=N/C(=C\c2ccc3c(c2)OCO3)C(=O)N1c1ccc(C)cc1. The third kappa shape index (κ3) is 4.65. The van der Waals surface area contributed by atoms with Gasteiger partial charge in [-0.25, -0.2) is 4.99 Å². The standard InChI is InChI=1S/C27H22N2O5S/c1-17-7-10-19(11-8-17)29-26(31)21(13-18-9-12-24-25(14-18)34-16-33-24)28-27(29)35-15-22(30)20-5-3-4-6-23(20)32-2/h3-14H,15-16H2,1-2H3/b21-13-. The van der Waals surface area contributed by atoms with E-state index in [1.54, 1.807) is 35.2 Å². The van der Waals surface area contributed by atoms with Crippen molar-refractivity contribution in [2.24, 2.45) is 4.99 Å².